The molecule has 0 aromatic carbocycles. The van der Waals surface area contributed by atoms with Crippen molar-refractivity contribution in [1.82, 2.24) is 14.9 Å². The monoisotopic (exact) mass is 365 g/mol. The summed E-state index contributed by atoms with van der Waals surface area (Å²) in [5.74, 6) is 1.02. The molecular formula is C21H27N5O. The Labute approximate surface area is 160 Å². The van der Waals surface area contributed by atoms with Gasteiger partial charge in [-0.3, -0.25) is 14.7 Å². The number of nitrogens with zero attached hydrogens (tertiary/aromatic N) is 4. The third-order valence-electron chi connectivity index (χ3n) is 5.26. The maximum atomic E-state index is 12.5. The lowest BCUT2D eigenvalue weighted by Gasteiger charge is -2.27. The Morgan fingerprint density at radius 3 is 2.56 bits per heavy atom. The maximum Gasteiger partial charge on any atom is 0.238 e. The molecule has 0 radical (unpaired) electrons. The molecule has 1 saturated heterocycles. The zero-order valence-corrected chi connectivity index (χ0v) is 15.7. The molecule has 2 aromatic heterocycles. The van der Waals surface area contributed by atoms with E-state index in [4.69, 9.17) is 0 Å². The number of pyridine rings is 2. The van der Waals surface area contributed by atoms with Crippen molar-refractivity contribution < 1.29 is 4.79 Å². The molecule has 0 atom stereocenters. The Balaban J connectivity index is 1.32. The van der Waals surface area contributed by atoms with Crippen molar-refractivity contribution >= 4 is 17.4 Å². The zero-order chi connectivity index (χ0) is 18.5. The van der Waals surface area contributed by atoms with Crippen LogP contribution in [0.3, 0.4) is 0 Å². The fourth-order valence-corrected chi connectivity index (χ4v) is 3.63. The molecule has 1 amide bonds. The molecule has 2 aliphatic rings. The summed E-state index contributed by atoms with van der Waals surface area (Å²) in [5, 5.41) is 3.00. The molecule has 6 heteroatoms. The number of hydrogen-bond acceptors (Lipinski definition) is 5. The molecule has 142 valence electrons. The highest BCUT2D eigenvalue weighted by Gasteiger charge is 2.30. The molecule has 1 aliphatic carbocycles. The smallest absolute Gasteiger partial charge is 0.238 e. The van der Waals surface area contributed by atoms with Crippen molar-refractivity contribution in [3.63, 3.8) is 0 Å². The van der Waals surface area contributed by atoms with Crippen molar-refractivity contribution in [2.75, 3.05) is 29.9 Å². The van der Waals surface area contributed by atoms with Crippen LogP contribution in [0.5, 0.6) is 0 Å². The van der Waals surface area contributed by atoms with Gasteiger partial charge in [-0.05, 0) is 61.9 Å². The van der Waals surface area contributed by atoms with Gasteiger partial charge < -0.3 is 10.2 Å². The normalized spacial score (nSPS) is 17.1. The van der Waals surface area contributed by atoms with Gasteiger partial charge in [0.25, 0.3) is 0 Å². The van der Waals surface area contributed by atoms with Crippen molar-refractivity contribution in [3.8, 4) is 0 Å². The topological polar surface area (TPSA) is 61.4 Å². The predicted molar refractivity (Wildman–Crippen MR) is 107 cm³/mol. The van der Waals surface area contributed by atoms with Crippen LogP contribution in [0.25, 0.3) is 0 Å². The van der Waals surface area contributed by atoms with Gasteiger partial charge in [0.15, 0.2) is 0 Å². The van der Waals surface area contributed by atoms with Gasteiger partial charge in [0, 0.05) is 38.1 Å². The van der Waals surface area contributed by atoms with Gasteiger partial charge in [0.05, 0.1) is 18.4 Å². The second-order valence-electron chi connectivity index (χ2n) is 7.49. The number of piperidine rings is 1. The summed E-state index contributed by atoms with van der Waals surface area (Å²) in [5.41, 5.74) is 1.96. The second kappa shape index (κ2) is 8.48. The quantitative estimate of drug-likeness (QED) is 0.817. The van der Waals surface area contributed by atoms with Gasteiger partial charge in [0.1, 0.15) is 5.82 Å². The van der Waals surface area contributed by atoms with Crippen LogP contribution >= 0.6 is 0 Å². The number of rotatable bonds is 7. The maximum absolute atomic E-state index is 12.5. The standard InChI is InChI=1S/C21H27N5O/c27-21(16-26(19-5-6-19)15-17-8-10-22-11-9-17)24-18-4-7-20(23-14-18)25-12-2-1-3-13-25/h4,7-11,14,19H,1-3,5-6,12-13,15-16H2,(H,24,27). The molecule has 4 rings (SSSR count). The summed E-state index contributed by atoms with van der Waals surface area (Å²) < 4.78 is 0. The Morgan fingerprint density at radius 1 is 1.11 bits per heavy atom. The minimum atomic E-state index is 0.0171. The van der Waals surface area contributed by atoms with Crippen molar-refractivity contribution in [3.05, 3.63) is 48.4 Å². The third kappa shape index (κ3) is 5.04. The molecule has 1 aliphatic heterocycles. The summed E-state index contributed by atoms with van der Waals surface area (Å²) in [6.45, 7) is 3.34. The second-order valence-corrected chi connectivity index (χ2v) is 7.49. The zero-order valence-electron chi connectivity index (χ0n) is 15.7. The van der Waals surface area contributed by atoms with Gasteiger partial charge in [-0.25, -0.2) is 4.98 Å². The van der Waals surface area contributed by atoms with E-state index in [1.165, 1.54) is 37.7 Å². The van der Waals surface area contributed by atoms with E-state index in [1.54, 1.807) is 18.6 Å². The van der Waals surface area contributed by atoms with Crippen LogP contribution in [0.15, 0.2) is 42.9 Å². The number of hydrogen-bond donors (Lipinski definition) is 1. The summed E-state index contributed by atoms with van der Waals surface area (Å²) in [6, 6.07) is 8.51. The highest BCUT2D eigenvalue weighted by Crippen LogP contribution is 2.28. The van der Waals surface area contributed by atoms with Crippen LogP contribution in [0.4, 0.5) is 11.5 Å². The first-order valence-electron chi connectivity index (χ1n) is 9.92. The molecule has 3 heterocycles. The van der Waals surface area contributed by atoms with Gasteiger partial charge in [-0.2, -0.15) is 0 Å². The van der Waals surface area contributed by atoms with Gasteiger partial charge in [-0.15, -0.1) is 0 Å². The molecule has 0 spiro atoms. The van der Waals surface area contributed by atoms with Crippen molar-refractivity contribution in [2.24, 2.45) is 0 Å². The Hall–Kier alpha value is -2.47. The fraction of sp³-hybridized carbons (Fsp3) is 0.476. The van der Waals surface area contributed by atoms with Crippen LogP contribution in [-0.2, 0) is 11.3 Å². The summed E-state index contributed by atoms with van der Waals surface area (Å²) in [6.07, 6.45) is 11.5. The first-order valence-corrected chi connectivity index (χ1v) is 9.92. The van der Waals surface area contributed by atoms with E-state index < -0.39 is 0 Å². The van der Waals surface area contributed by atoms with E-state index in [0.717, 1.165) is 31.1 Å². The molecule has 1 N–H and O–H groups in total. The SMILES string of the molecule is O=C(CN(Cc1ccncc1)C1CC1)Nc1ccc(N2CCCCC2)nc1. The summed E-state index contributed by atoms with van der Waals surface area (Å²) in [4.78, 5) is 25.7. The lowest BCUT2D eigenvalue weighted by molar-refractivity contribution is -0.117. The third-order valence-corrected chi connectivity index (χ3v) is 5.26. The first kappa shape index (κ1) is 17.9. The van der Waals surface area contributed by atoms with E-state index in [1.807, 2.05) is 24.3 Å². The van der Waals surface area contributed by atoms with E-state index in [0.29, 0.717) is 12.6 Å². The highest BCUT2D eigenvalue weighted by atomic mass is 16.2. The molecule has 1 saturated carbocycles. The number of aromatic nitrogens is 2. The largest absolute Gasteiger partial charge is 0.357 e. The molecular weight excluding hydrogens is 338 g/mol. The molecule has 6 nitrogen and oxygen atoms in total. The van der Waals surface area contributed by atoms with Crippen LogP contribution in [0.2, 0.25) is 0 Å². The van der Waals surface area contributed by atoms with Crippen LogP contribution in [0, 0.1) is 0 Å². The minimum absolute atomic E-state index is 0.0171. The van der Waals surface area contributed by atoms with Crippen LogP contribution in [-0.4, -0.2) is 46.5 Å². The number of nitrogens with one attached hydrogen (secondary N) is 1. The van der Waals surface area contributed by atoms with Crippen molar-refractivity contribution in [1.29, 1.82) is 0 Å². The van der Waals surface area contributed by atoms with E-state index in [9.17, 15) is 4.79 Å². The number of carbonyl (C=O) groups is 1. The fourth-order valence-electron chi connectivity index (χ4n) is 3.63. The van der Waals surface area contributed by atoms with Gasteiger partial charge in [0.2, 0.25) is 5.91 Å². The Bertz CT molecular complexity index is 739. The Kier molecular flexibility index (Phi) is 5.63. The molecule has 2 fully saturated rings. The average molecular weight is 365 g/mol. The van der Waals surface area contributed by atoms with Gasteiger partial charge in [-0.1, -0.05) is 0 Å². The number of amides is 1. The first-order chi connectivity index (χ1) is 13.3. The molecule has 0 bridgehead atoms. The minimum Gasteiger partial charge on any atom is -0.357 e. The number of carbonyl (C=O) groups excluding carboxylic acids is 1. The highest BCUT2D eigenvalue weighted by molar-refractivity contribution is 5.92. The molecule has 27 heavy (non-hydrogen) atoms. The molecule has 0 unspecified atom stereocenters. The van der Waals surface area contributed by atoms with Crippen molar-refractivity contribution in [2.45, 2.75) is 44.7 Å². The van der Waals surface area contributed by atoms with Crippen LogP contribution in [0.1, 0.15) is 37.7 Å². The number of anilines is 2. The lowest BCUT2D eigenvalue weighted by Crippen LogP contribution is -2.34. The predicted octanol–water partition coefficient (Wildman–Crippen LogP) is 3.07. The lowest BCUT2D eigenvalue weighted by atomic mass is 10.1. The molecule has 2 aromatic rings. The summed E-state index contributed by atoms with van der Waals surface area (Å²) >= 11 is 0. The van der Waals surface area contributed by atoms with E-state index >= 15 is 0 Å². The van der Waals surface area contributed by atoms with E-state index in [2.05, 4.69) is 25.1 Å². The van der Waals surface area contributed by atoms with E-state index in [-0.39, 0.29) is 5.91 Å². The Morgan fingerprint density at radius 2 is 1.89 bits per heavy atom. The van der Waals surface area contributed by atoms with Crippen LogP contribution < -0.4 is 10.2 Å². The average Bonchev–Trinajstić information content (AvgIpc) is 3.55. The summed E-state index contributed by atoms with van der Waals surface area (Å²) in [7, 11) is 0. The van der Waals surface area contributed by atoms with Gasteiger partial charge >= 0.3 is 0 Å².